The van der Waals surface area contributed by atoms with Gasteiger partial charge in [-0.3, -0.25) is 14.4 Å². The zero-order valence-corrected chi connectivity index (χ0v) is 42.2. The standard InChI is InChI=1S/C59H98O6/c1-4-7-10-13-16-19-22-25-27-29-30-31-33-34-37-40-43-46-49-52-58(61)64-55-56(54-63-57(60)51-48-45-42-39-36-24-21-18-15-12-9-6-3)65-59(62)53-50-47-44-41-38-35-32-28-26-23-20-17-14-11-8-5-2/h7-8,10-11,16-21,25-28,30-31,56H,4-6,9,12-15,22-24,29,32-55H2,1-3H3/b10-7-,11-8-,19-16-,20-17-,21-18-,27-25-,28-26-,31-30-. The van der Waals surface area contributed by atoms with Gasteiger partial charge in [0.05, 0.1) is 0 Å². The molecule has 0 saturated carbocycles. The Labute approximate surface area is 400 Å². The molecule has 1 atom stereocenters. The molecule has 0 spiro atoms. The van der Waals surface area contributed by atoms with Crippen LogP contribution in [0.4, 0.5) is 0 Å². The SMILES string of the molecule is CC/C=C\C/C=C\C/C=C\C/C=C\CCCCCCCCC(=O)OCC(COC(=O)CCCCCCC/C=C\CCCCC)OC(=O)CCCCCCCC/C=C\C/C=C\C/C=C\CC. The van der Waals surface area contributed by atoms with Gasteiger partial charge in [0.1, 0.15) is 13.2 Å². The zero-order chi connectivity index (χ0) is 47.2. The quantitative estimate of drug-likeness (QED) is 0.0262. The second-order valence-corrected chi connectivity index (χ2v) is 17.4. The van der Waals surface area contributed by atoms with E-state index in [0.29, 0.717) is 19.3 Å². The maximum Gasteiger partial charge on any atom is 0.306 e. The van der Waals surface area contributed by atoms with E-state index in [-0.39, 0.29) is 31.1 Å². The average Bonchev–Trinajstić information content (AvgIpc) is 3.30. The van der Waals surface area contributed by atoms with Crippen LogP contribution in [-0.4, -0.2) is 37.2 Å². The lowest BCUT2D eigenvalue weighted by Crippen LogP contribution is -2.30. The summed E-state index contributed by atoms with van der Waals surface area (Å²) in [5.41, 5.74) is 0. The summed E-state index contributed by atoms with van der Waals surface area (Å²) in [4.78, 5) is 38.0. The Morgan fingerprint density at radius 2 is 0.600 bits per heavy atom. The number of hydrogen-bond acceptors (Lipinski definition) is 6. The first kappa shape index (κ1) is 61.3. The lowest BCUT2D eigenvalue weighted by Gasteiger charge is -2.18. The van der Waals surface area contributed by atoms with Gasteiger partial charge in [0, 0.05) is 19.3 Å². The highest BCUT2D eigenvalue weighted by atomic mass is 16.6. The molecule has 370 valence electrons. The second kappa shape index (κ2) is 52.9. The number of rotatable bonds is 47. The molecule has 6 heteroatoms. The highest BCUT2D eigenvalue weighted by Gasteiger charge is 2.19. The molecule has 0 radical (unpaired) electrons. The van der Waals surface area contributed by atoms with Crippen molar-refractivity contribution in [3.05, 3.63) is 97.2 Å². The third-order valence-electron chi connectivity index (χ3n) is 11.1. The average molecular weight is 903 g/mol. The topological polar surface area (TPSA) is 78.9 Å². The van der Waals surface area contributed by atoms with Crippen molar-refractivity contribution in [2.24, 2.45) is 0 Å². The molecule has 0 aliphatic carbocycles. The fraction of sp³-hybridized carbons (Fsp3) is 0.678. The van der Waals surface area contributed by atoms with Gasteiger partial charge in [0.15, 0.2) is 6.10 Å². The lowest BCUT2D eigenvalue weighted by molar-refractivity contribution is -0.167. The van der Waals surface area contributed by atoms with Gasteiger partial charge in [-0.25, -0.2) is 0 Å². The van der Waals surface area contributed by atoms with Crippen molar-refractivity contribution < 1.29 is 28.6 Å². The van der Waals surface area contributed by atoms with Crippen LogP contribution in [0.1, 0.15) is 239 Å². The van der Waals surface area contributed by atoms with Crippen molar-refractivity contribution in [1.82, 2.24) is 0 Å². The van der Waals surface area contributed by atoms with Crippen LogP contribution in [0.25, 0.3) is 0 Å². The van der Waals surface area contributed by atoms with Crippen molar-refractivity contribution in [2.45, 2.75) is 245 Å². The summed E-state index contributed by atoms with van der Waals surface area (Å²) in [5.74, 6) is -0.930. The summed E-state index contributed by atoms with van der Waals surface area (Å²) in [5, 5.41) is 0. The predicted molar refractivity (Wildman–Crippen MR) is 279 cm³/mol. The maximum atomic E-state index is 12.8. The molecule has 0 N–H and O–H groups in total. The van der Waals surface area contributed by atoms with Crippen molar-refractivity contribution >= 4 is 17.9 Å². The first-order chi connectivity index (χ1) is 32.0. The van der Waals surface area contributed by atoms with Gasteiger partial charge in [-0.1, -0.05) is 201 Å². The Bertz CT molecular complexity index is 1310. The summed E-state index contributed by atoms with van der Waals surface area (Å²) < 4.78 is 16.8. The fourth-order valence-electron chi connectivity index (χ4n) is 7.09. The minimum absolute atomic E-state index is 0.0929. The first-order valence-corrected chi connectivity index (χ1v) is 26.7. The third-order valence-corrected chi connectivity index (χ3v) is 11.1. The summed E-state index contributed by atoms with van der Waals surface area (Å²) in [6, 6.07) is 0. The molecule has 0 rings (SSSR count). The molecule has 0 bridgehead atoms. The number of ether oxygens (including phenoxy) is 3. The van der Waals surface area contributed by atoms with Crippen LogP contribution in [0.15, 0.2) is 97.2 Å². The molecule has 0 aliphatic heterocycles. The third kappa shape index (κ3) is 51.2. The van der Waals surface area contributed by atoms with Crippen LogP contribution in [-0.2, 0) is 28.6 Å². The molecule has 0 aromatic heterocycles. The van der Waals surface area contributed by atoms with Gasteiger partial charge >= 0.3 is 17.9 Å². The van der Waals surface area contributed by atoms with Gasteiger partial charge in [-0.2, -0.15) is 0 Å². The normalized spacial score (nSPS) is 12.8. The van der Waals surface area contributed by atoms with Gasteiger partial charge in [-0.15, -0.1) is 0 Å². The minimum atomic E-state index is -0.794. The van der Waals surface area contributed by atoms with Gasteiger partial charge in [-0.05, 0) is 116 Å². The van der Waals surface area contributed by atoms with Crippen molar-refractivity contribution in [3.8, 4) is 0 Å². The summed E-state index contributed by atoms with van der Waals surface area (Å²) in [6.07, 6.45) is 69.6. The number of unbranched alkanes of at least 4 members (excludes halogenated alkanes) is 20. The second-order valence-electron chi connectivity index (χ2n) is 17.4. The number of hydrogen-bond donors (Lipinski definition) is 0. The van der Waals surface area contributed by atoms with Crippen LogP contribution in [0, 0.1) is 0 Å². The molecule has 0 aliphatic rings. The number of carbonyl (C=O) groups is 3. The molecule has 6 nitrogen and oxygen atoms in total. The van der Waals surface area contributed by atoms with Crippen LogP contribution in [0.5, 0.6) is 0 Å². The molecule has 0 amide bonds. The largest absolute Gasteiger partial charge is 0.462 e. The maximum absolute atomic E-state index is 12.8. The Morgan fingerprint density at radius 3 is 0.954 bits per heavy atom. The van der Waals surface area contributed by atoms with Crippen LogP contribution in [0.2, 0.25) is 0 Å². The molecule has 0 aromatic carbocycles. The molecule has 0 heterocycles. The molecular formula is C59H98O6. The van der Waals surface area contributed by atoms with Gasteiger partial charge in [0.25, 0.3) is 0 Å². The molecule has 0 fully saturated rings. The van der Waals surface area contributed by atoms with E-state index < -0.39 is 6.10 Å². The first-order valence-electron chi connectivity index (χ1n) is 26.7. The summed E-state index contributed by atoms with van der Waals surface area (Å²) >= 11 is 0. The summed E-state index contributed by atoms with van der Waals surface area (Å²) in [7, 11) is 0. The van der Waals surface area contributed by atoms with Crippen LogP contribution < -0.4 is 0 Å². The molecular weight excluding hydrogens is 805 g/mol. The van der Waals surface area contributed by atoms with Gasteiger partial charge in [0.2, 0.25) is 0 Å². The summed E-state index contributed by atoms with van der Waals surface area (Å²) in [6.45, 7) is 6.36. The highest BCUT2D eigenvalue weighted by molar-refractivity contribution is 5.71. The zero-order valence-electron chi connectivity index (χ0n) is 42.2. The van der Waals surface area contributed by atoms with Gasteiger partial charge < -0.3 is 14.2 Å². The molecule has 1 unspecified atom stereocenters. The van der Waals surface area contributed by atoms with E-state index in [1.807, 2.05) is 0 Å². The van der Waals surface area contributed by atoms with E-state index in [0.717, 1.165) is 135 Å². The number of carbonyl (C=O) groups excluding carboxylic acids is 3. The smallest absolute Gasteiger partial charge is 0.306 e. The van der Waals surface area contributed by atoms with Crippen molar-refractivity contribution in [2.75, 3.05) is 13.2 Å². The molecule has 65 heavy (non-hydrogen) atoms. The molecule has 0 aromatic rings. The Morgan fingerprint density at radius 1 is 0.323 bits per heavy atom. The van der Waals surface area contributed by atoms with E-state index >= 15 is 0 Å². The number of allylic oxidation sites excluding steroid dienone is 16. The predicted octanol–water partition coefficient (Wildman–Crippen LogP) is 17.8. The van der Waals surface area contributed by atoms with E-state index in [2.05, 4.69) is 118 Å². The van der Waals surface area contributed by atoms with Crippen LogP contribution in [0.3, 0.4) is 0 Å². The van der Waals surface area contributed by atoms with Crippen LogP contribution >= 0.6 is 0 Å². The monoisotopic (exact) mass is 903 g/mol. The van der Waals surface area contributed by atoms with Crippen molar-refractivity contribution in [3.63, 3.8) is 0 Å². The Hall–Kier alpha value is -3.67. The molecule has 0 saturated heterocycles. The van der Waals surface area contributed by atoms with E-state index in [9.17, 15) is 14.4 Å². The number of esters is 3. The van der Waals surface area contributed by atoms with Crippen molar-refractivity contribution in [1.29, 1.82) is 0 Å². The Kier molecular flexibility index (Phi) is 50.0. The fourth-order valence-corrected chi connectivity index (χ4v) is 7.09. The minimum Gasteiger partial charge on any atom is -0.462 e. The highest BCUT2D eigenvalue weighted by Crippen LogP contribution is 2.14. The lowest BCUT2D eigenvalue weighted by atomic mass is 10.1. The van der Waals surface area contributed by atoms with E-state index in [4.69, 9.17) is 14.2 Å². The van der Waals surface area contributed by atoms with E-state index in [1.165, 1.54) is 64.2 Å². The Balaban J connectivity index is 4.43. The van der Waals surface area contributed by atoms with E-state index in [1.54, 1.807) is 0 Å².